The van der Waals surface area contributed by atoms with Crippen molar-refractivity contribution in [3.63, 3.8) is 0 Å². The Balaban J connectivity index is 1.55. The van der Waals surface area contributed by atoms with Crippen LogP contribution in [0.15, 0.2) is 17.0 Å². The Kier molecular flexibility index (Phi) is 5.69. The normalized spacial score (nSPS) is 15.8. The Morgan fingerprint density at radius 2 is 1.88 bits per heavy atom. The van der Waals surface area contributed by atoms with E-state index in [9.17, 15) is 8.42 Å². The van der Waals surface area contributed by atoms with E-state index in [4.69, 9.17) is 4.74 Å². The van der Waals surface area contributed by atoms with Gasteiger partial charge in [0.1, 0.15) is 10.7 Å². The van der Waals surface area contributed by atoms with E-state index < -0.39 is 10.0 Å². The van der Waals surface area contributed by atoms with Crippen LogP contribution in [0.1, 0.15) is 11.4 Å². The molecule has 2 aromatic heterocycles. The predicted molar refractivity (Wildman–Crippen MR) is 96.7 cm³/mol. The molecule has 3 heterocycles. The summed E-state index contributed by atoms with van der Waals surface area (Å²) in [5, 5.41) is 17.7. The van der Waals surface area contributed by atoms with Gasteiger partial charge in [-0.15, -0.1) is 10.2 Å². The van der Waals surface area contributed by atoms with Gasteiger partial charge in [0.25, 0.3) is 10.0 Å². The smallest absolute Gasteiger partial charge is 0.266 e. The molecule has 11 heteroatoms. The maximum absolute atomic E-state index is 12.5. The Morgan fingerprint density at radius 1 is 1.19 bits per heavy atom. The Bertz CT molecular complexity index is 810. The molecule has 3 N–H and O–H groups in total. The van der Waals surface area contributed by atoms with Crippen LogP contribution in [0.25, 0.3) is 0 Å². The molecule has 1 aliphatic rings. The summed E-state index contributed by atoms with van der Waals surface area (Å²) in [5.74, 6) is 0.751. The first-order chi connectivity index (χ1) is 12.5. The number of H-pyrrole nitrogens is 1. The van der Waals surface area contributed by atoms with Gasteiger partial charge in [-0.25, -0.2) is 8.42 Å². The maximum Gasteiger partial charge on any atom is 0.266 e. The average Bonchev–Trinajstić information content (AvgIpc) is 2.96. The first-order valence-corrected chi connectivity index (χ1v) is 9.86. The van der Waals surface area contributed by atoms with Crippen LogP contribution in [0.4, 0.5) is 11.6 Å². The summed E-state index contributed by atoms with van der Waals surface area (Å²) < 4.78 is 32.7. The highest BCUT2D eigenvalue weighted by atomic mass is 32.2. The SMILES string of the molecule is Cc1n[nH]c(C)c1S(=O)(=O)Nc1ccc(NCCN2CCOCC2)nn1. The molecule has 142 valence electrons. The zero-order chi connectivity index (χ0) is 18.6. The van der Waals surface area contributed by atoms with Crippen LogP contribution in [0.2, 0.25) is 0 Å². The van der Waals surface area contributed by atoms with E-state index in [0.29, 0.717) is 17.2 Å². The predicted octanol–water partition coefficient (Wildman–Crippen LogP) is 0.361. The monoisotopic (exact) mass is 381 g/mol. The molecule has 1 aliphatic heterocycles. The van der Waals surface area contributed by atoms with Crippen molar-refractivity contribution >= 4 is 21.7 Å². The van der Waals surface area contributed by atoms with Crippen molar-refractivity contribution in [1.29, 1.82) is 0 Å². The van der Waals surface area contributed by atoms with Crippen molar-refractivity contribution in [2.45, 2.75) is 18.7 Å². The van der Waals surface area contributed by atoms with Crippen LogP contribution in [-0.4, -0.2) is 73.1 Å². The van der Waals surface area contributed by atoms with E-state index in [1.165, 1.54) is 0 Å². The molecule has 0 radical (unpaired) electrons. The van der Waals surface area contributed by atoms with Crippen LogP contribution < -0.4 is 10.0 Å². The largest absolute Gasteiger partial charge is 0.379 e. The minimum absolute atomic E-state index is 0.131. The van der Waals surface area contributed by atoms with E-state index >= 15 is 0 Å². The van der Waals surface area contributed by atoms with Gasteiger partial charge in [-0.1, -0.05) is 0 Å². The highest BCUT2D eigenvalue weighted by Crippen LogP contribution is 2.19. The molecule has 3 rings (SSSR count). The summed E-state index contributed by atoms with van der Waals surface area (Å²) >= 11 is 0. The molecule has 10 nitrogen and oxygen atoms in total. The first kappa shape index (κ1) is 18.5. The molecule has 0 aliphatic carbocycles. The summed E-state index contributed by atoms with van der Waals surface area (Å²) in [6.07, 6.45) is 0. The Morgan fingerprint density at radius 3 is 2.50 bits per heavy atom. The summed E-state index contributed by atoms with van der Waals surface area (Å²) in [6, 6.07) is 3.27. The van der Waals surface area contributed by atoms with Crippen LogP contribution in [0.3, 0.4) is 0 Å². The van der Waals surface area contributed by atoms with Gasteiger partial charge in [-0.2, -0.15) is 5.10 Å². The number of sulfonamides is 1. The van der Waals surface area contributed by atoms with E-state index in [1.807, 2.05) is 0 Å². The molecule has 1 fully saturated rings. The summed E-state index contributed by atoms with van der Waals surface area (Å²) in [5.41, 5.74) is 0.883. The standard InChI is InChI=1S/C15H23N7O3S/c1-11-15(12(2)18-17-11)26(23,24)21-14-4-3-13(19-20-14)16-5-6-22-7-9-25-10-8-22/h3-4H,5-10H2,1-2H3,(H,16,19)(H,17,18)(H,20,21). The number of nitrogens with zero attached hydrogens (tertiary/aromatic N) is 4. The third kappa shape index (κ3) is 4.48. The summed E-state index contributed by atoms with van der Waals surface area (Å²) in [7, 11) is -3.76. The molecule has 0 spiro atoms. The fraction of sp³-hybridized carbons (Fsp3) is 0.533. The van der Waals surface area contributed by atoms with E-state index in [2.05, 4.69) is 35.3 Å². The van der Waals surface area contributed by atoms with E-state index in [-0.39, 0.29) is 10.7 Å². The topological polar surface area (TPSA) is 125 Å². The zero-order valence-corrected chi connectivity index (χ0v) is 15.6. The minimum Gasteiger partial charge on any atom is -0.379 e. The summed E-state index contributed by atoms with van der Waals surface area (Å²) in [6.45, 7) is 8.30. The van der Waals surface area contributed by atoms with Gasteiger partial charge < -0.3 is 10.1 Å². The number of ether oxygens (including phenoxy) is 1. The third-order valence-corrected chi connectivity index (χ3v) is 5.69. The number of morpholine rings is 1. The second-order valence-corrected chi connectivity index (χ2v) is 7.67. The lowest BCUT2D eigenvalue weighted by Crippen LogP contribution is -2.39. The first-order valence-electron chi connectivity index (χ1n) is 8.38. The van der Waals surface area contributed by atoms with Crippen LogP contribution in [0.5, 0.6) is 0 Å². The maximum atomic E-state index is 12.5. The number of aromatic amines is 1. The number of hydrogen-bond donors (Lipinski definition) is 3. The number of nitrogens with one attached hydrogen (secondary N) is 3. The fourth-order valence-electron chi connectivity index (χ4n) is 2.77. The Hall–Kier alpha value is -2.24. The molecule has 0 unspecified atom stereocenters. The molecule has 1 saturated heterocycles. The molecule has 0 bridgehead atoms. The summed E-state index contributed by atoms with van der Waals surface area (Å²) in [4.78, 5) is 2.44. The molecule has 0 atom stereocenters. The zero-order valence-electron chi connectivity index (χ0n) is 14.8. The van der Waals surface area contributed by atoms with Crippen molar-refractivity contribution in [3.05, 3.63) is 23.5 Å². The minimum atomic E-state index is -3.76. The molecule has 2 aromatic rings. The number of rotatable bonds is 7. The lowest BCUT2D eigenvalue weighted by molar-refractivity contribution is 0.0398. The second-order valence-electron chi connectivity index (χ2n) is 6.05. The molecule has 0 aromatic carbocycles. The van der Waals surface area contributed by atoms with Crippen molar-refractivity contribution in [1.82, 2.24) is 25.3 Å². The number of aryl methyl sites for hydroxylation is 2. The molecule has 0 saturated carbocycles. The number of hydrogen-bond acceptors (Lipinski definition) is 8. The van der Waals surface area contributed by atoms with E-state index in [0.717, 1.165) is 39.4 Å². The molecular weight excluding hydrogens is 358 g/mol. The fourth-order valence-corrected chi connectivity index (χ4v) is 4.14. The number of aromatic nitrogens is 4. The lowest BCUT2D eigenvalue weighted by Gasteiger charge is -2.26. The van der Waals surface area contributed by atoms with Crippen molar-refractivity contribution in [2.24, 2.45) is 0 Å². The van der Waals surface area contributed by atoms with Crippen molar-refractivity contribution < 1.29 is 13.2 Å². The Labute approximate surface area is 152 Å². The average molecular weight is 381 g/mol. The van der Waals surface area contributed by atoms with Crippen LogP contribution in [-0.2, 0) is 14.8 Å². The van der Waals surface area contributed by atoms with Gasteiger partial charge in [-0.05, 0) is 26.0 Å². The van der Waals surface area contributed by atoms with Gasteiger partial charge in [0.15, 0.2) is 5.82 Å². The quantitative estimate of drug-likeness (QED) is 0.628. The van der Waals surface area contributed by atoms with Gasteiger partial charge in [0.05, 0.1) is 24.6 Å². The van der Waals surface area contributed by atoms with Gasteiger partial charge in [0, 0.05) is 26.2 Å². The lowest BCUT2D eigenvalue weighted by atomic mass is 10.4. The highest BCUT2D eigenvalue weighted by Gasteiger charge is 2.22. The number of anilines is 2. The van der Waals surface area contributed by atoms with Crippen LogP contribution in [0, 0.1) is 13.8 Å². The highest BCUT2D eigenvalue weighted by molar-refractivity contribution is 7.92. The van der Waals surface area contributed by atoms with Crippen molar-refractivity contribution in [2.75, 3.05) is 49.4 Å². The second kappa shape index (κ2) is 7.98. The molecular formula is C15H23N7O3S. The van der Waals surface area contributed by atoms with Crippen LogP contribution >= 0.6 is 0 Å². The van der Waals surface area contributed by atoms with E-state index in [1.54, 1.807) is 26.0 Å². The van der Waals surface area contributed by atoms with Gasteiger partial charge in [0.2, 0.25) is 0 Å². The van der Waals surface area contributed by atoms with Gasteiger partial charge >= 0.3 is 0 Å². The molecule has 0 amide bonds. The van der Waals surface area contributed by atoms with Gasteiger partial charge in [-0.3, -0.25) is 14.7 Å². The van der Waals surface area contributed by atoms with Crippen molar-refractivity contribution in [3.8, 4) is 0 Å². The third-order valence-electron chi connectivity index (χ3n) is 4.07. The molecule has 26 heavy (non-hydrogen) atoms.